The highest BCUT2D eigenvalue weighted by molar-refractivity contribution is 6.04. The average molecular weight is 559 g/mol. The number of nitrogens with one attached hydrogen (secondary N) is 1. The Bertz CT molecular complexity index is 1460. The molecule has 8 nitrogen and oxygen atoms in total. The molecule has 2 aliphatic heterocycles. The standard InChI is InChI=1S/C28H26F4N4O4/c1-3-36-25-22(16-7-8-39-19(9-16)14-40-27(36)38)10-17(12-34-25)21-11-18(13-33-15(21)2)35-26(37)20-5-4-6-23(24(20)29)28(30,31)32/h4-6,10-13,16,19H,3,7-9,14H2,1-2H3,(H,35,37). The van der Waals surface area contributed by atoms with Crippen LogP contribution in [0.25, 0.3) is 11.1 Å². The van der Waals surface area contributed by atoms with Crippen molar-refractivity contribution in [2.75, 3.05) is 30.0 Å². The van der Waals surface area contributed by atoms with Crippen LogP contribution >= 0.6 is 0 Å². The number of pyridine rings is 2. The van der Waals surface area contributed by atoms with Crippen LogP contribution in [0, 0.1) is 12.7 Å². The quantitative estimate of drug-likeness (QED) is 0.389. The second-order valence-corrected chi connectivity index (χ2v) is 9.65. The van der Waals surface area contributed by atoms with Crippen LogP contribution in [0.5, 0.6) is 0 Å². The number of carbonyl (C=O) groups excluding carboxylic acids is 2. The third kappa shape index (κ3) is 5.35. The highest BCUT2D eigenvalue weighted by Crippen LogP contribution is 2.39. The number of aromatic nitrogens is 2. The van der Waals surface area contributed by atoms with Crippen molar-refractivity contribution in [3.63, 3.8) is 0 Å². The van der Waals surface area contributed by atoms with E-state index in [0.717, 1.165) is 24.1 Å². The molecule has 2 amide bonds. The number of benzene rings is 1. The third-order valence-electron chi connectivity index (χ3n) is 7.09. The van der Waals surface area contributed by atoms with Gasteiger partial charge in [0.05, 0.1) is 29.1 Å². The van der Waals surface area contributed by atoms with E-state index in [2.05, 4.69) is 15.3 Å². The number of amides is 2. The first-order valence-electron chi connectivity index (χ1n) is 12.8. The van der Waals surface area contributed by atoms with Gasteiger partial charge in [-0.2, -0.15) is 13.2 Å². The normalized spacial score (nSPS) is 19.1. The van der Waals surface area contributed by atoms with Gasteiger partial charge in [-0.3, -0.25) is 14.7 Å². The summed E-state index contributed by atoms with van der Waals surface area (Å²) in [5, 5.41) is 2.45. The summed E-state index contributed by atoms with van der Waals surface area (Å²) in [6.07, 6.45) is -1.37. The fourth-order valence-corrected chi connectivity index (χ4v) is 5.05. The largest absolute Gasteiger partial charge is 0.446 e. The van der Waals surface area contributed by atoms with E-state index in [1.807, 2.05) is 13.0 Å². The molecule has 4 heterocycles. The zero-order chi connectivity index (χ0) is 28.6. The summed E-state index contributed by atoms with van der Waals surface area (Å²) in [5.41, 5.74) is 0.623. The Balaban J connectivity index is 1.50. The molecular weight excluding hydrogens is 532 g/mol. The second-order valence-electron chi connectivity index (χ2n) is 9.65. The molecule has 1 N–H and O–H groups in total. The molecule has 5 rings (SSSR count). The number of hydrogen-bond donors (Lipinski definition) is 1. The van der Waals surface area contributed by atoms with Crippen molar-refractivity contribution in [2.24, 2.45) is 0 Å². The molecule has 0 aliphatic carbocycles. The van der Waals surface area contributed by atoms with Crippen LogP contribution in [0.2, 0.25) is 0 Å². The number of cyclic esters (lactones) is 1. The Hall–Kier alpha value is -4.06. The molecule has 2 unspecified atom stereocenters. The summed E-state index contributed by atoms with van der Waals surface area (Å²) in [6, 6.07) is 6.06. The van der Waals surface area contributed by atoms with E-state index < -0.39 is 35.1 Å². The SMILES string of the molecule is CCN1C(=O)OCC2CC(CCO2)c2cc(-c3cc(NC(=O)c4cccc(C(F)(F)F)c4F)cnc3C)cnc21. The molecule has 0 radical (unpaired) electrons. The van der Waals surface area contributed by atoms with Crippen molar-refractivity contribution in [2.45, 2.75) is 44.9 Å². The highest BCUT2D eigenvalue weighted by Gasteiger charge is 2.36. The van der Waals surface area contributed by atoms with Crippen LogP contribution in [0.1, 0.15) is 52.9 Å². The fraction of sp³-hybridized carbons (Fsp3) is 0.357. The topological polar surface area (TPSA) is 93.7 Å². The lowest BCUT2D eigenvalue weighted by Crippen LogP contribution is -2.34. The molecule has 2 aromatic heterocycles. The number of ether oxygens (including phenoxy) is 2. The molecule has 0 saturated carbocycles. The molecule has 2 atom stereocenters. The number of rotatable bonds is 4. The van der Waals surface area contributed by atoms with Gasteiger partial charge in [-0.1, -0.05) is 6.07 Å². The van der Waals surface area contributed by atoms with E-state index >= 15 is 0 Å². The van der Waals surface area contributed by atoms with E-state index in [4.69, 9.17) is 9.47 Å². The summed E-state index contributed by atoms with van der Waals surface area (Å²) in [4.78, 5) is 35.9. The van der Waals surface area contributed by atoms with Gasteiger partial charge >= 0.3 is 12.3 Å². The monoisotopic (exact) mass is 558 g/mol. The van der Waals surface area contributed by atoms with Crippen molar-refractivity contribution >= 4 is 23.5 Å². The summed E-state index contributed by atoms with van der Waals surface area (Å²) in [7, 11) is 0. The van der Waals surface area contributed by atoms with Gasteiger partial charge in [0.1, 0.15) is 18.2 Å². The van der Waals surface area contributed by atoms with Gasteiger partial charge in [-0.25, -0.2) is 14.2 Å². The molecule has 2 aliphatic rings. The number of halogens is 4. The van der Waals surface area contributed by atoms with Gasteiger partial charge < -0.3 is 14.8 Å². The van der Waals surface area contributed by atoms with Crippen LogP contribution in [0.4, 0.5) is 33.9 Å². The number of fused-ring (bicyclic) bond motifs is 4. The molecule has 12 heteroatoms. The van der Waals surface area contributed by atoms with Crippen LogP contribution < -0.4 is 10.2 Å². The smallest absolute Gasteiger partial charge is 0.419 e. The molecule has 210 valence electrons. The molecule has 3 aromatic rings. The Kier molecular flexibility index (Phi) is 7.45. The average Bonchev–Trinajstić information content (AvgIpc) is 2.96. The molecule has 40 heavy (non-hydrogen) atoms. The van der Waals surface area contributed by atoms with Gasteiger partial charge in [-0.05, 0) is 62.4 Å². The van der Waals surface area contributed by atoms with Gasteiger partial charge in [0.25, 0.3) is 5.91 Å². The minimum Gasteiger partial charge on any atom is -0.446 e. The first-order chi connectivity index (χ1) is 19.1. The maximum atomic E-state index is 14.5. The number of aryl methyl sites for hydroxylation is 1. The summed E-state index contributed by atoms with van der Waals surface area (Å²) in [5.74, 6) is -2.13. The van der Waals surface area contributed by atoms with Gasteiger partial charge in [-0.15, -0.1) is 0 Å². The third-order valence-corrected chi connectivity index (χ3v) is 7.09. The van der Waals surface area contributed by atoms with Crippen molar-refractivity contribution < 1.29 is 36.6 Å². The second kappa shape index (κ2) is 10.8. The Labute approximate surface area is 227 Å². The number of hydrogen-bond acceptors (Lipinski definition) is 6. The van der Waals surface area contributed by atoms with E-state index in [9.17, 15) is 27.2 Å². The molecule has 2 bridgehead atoms. The van der Waals surface area contributed by atoms with Crippen LogP contribution in [-0.2, 0) is 15.7 Å². The van der Waals surface area contributed by atoms with E-state index in [-0.39, 0.29) is 24.3 Å². The first-order valence-corrected chi connectivity index (χ1v) is 12.8. The molecule has 1 aromatic carbocycles. The maximum Gasteiger partial charge on any atom is 0.419 e. The van der Waals surface area contributed by atoms with E-state index in [1.54, 1.807) is 19.2 Å². The minimum atomic E-state index is -4.94. The molecule has 1 saturated heterocycles. The predicted molar refractivity (Wildman–Crippen MR) is 138 cm³/mol. The molecular formula is C28H26F4N4O4. The zero-order valence-corrected chi connectivity index (χ0v) is 21.7. The van der Waals surface area contributed by atoms with Crippen molar-refractivity contribution in [3.05, 3.63) is 70.9 Å². The Morgan fingerprint density at radius 2 is 2.00 bits per heavy atom. The number of carbonyl (C=O) groups is 2. The molecule has 1 fully saturated rings. The molecule has 0 spiro atoms. The van der Waals surface area contributed by atoms with Crippen LogP contribution in [0.15, 0.2) is 42.7 Å². The van der Waals surface area contributed by atoms with Gasteiger partial charge in [0.2, 0.25) is 0 Å². The van der Waals surface area contributed by atoms with Crippen LogP contribution in [-0.4, -0.2) is 47.8 Å². The Morgan fingerprint density at radius 3 is 2.75 bits per heavy atom. The summed E-state index contributed by atoms with van der Waals surface area (Å²) >= 11 is 0. The first kappa shape index (κ1) is 27.5. The zero-order valence-electron chi connectivity index (χ0n) is 21.7. The van der Waals surface area contributed by atoms with Crippen LogP contribution in [0.3, 0.4) is 0 Å². The van der Waals surface area contributed by atoms with E-state index in [1.165, 1.54) is 11.1 Å². The van der Waals surface area contributed by atoms with Crippen molar-refractivity contribution in [1.82, 2.24) is 9.97 Å². The van der Waals surface area contributed by atoms with E-state index in [0.29, 0.717) is 48.3 Å². The highest BCUT2D eigenvalue weighted by atomic mass is 19.4. The Morgan fingerprint density at radius 1 is 1.20 bits per heavy atom. The maximum absolute atomic E-state index is 14.5. The fourth-order valence-electron chi connectivity index (χ4n) is 5.05. The minimum absolute atomic E-state index is 0.0600. The number of anilines is 2. The van der Waals surface area contributed by atoms with Gasteiger partial charge in [0, 0.05) is 36.2 Å². The lowest BCUT2D eigenvalue weighted by molar-refractivity contribution is -0.140. The van der Waals surface area contributed by atoms with Gasteiger partial charge in [0.15, 0.2) is 0 Å². The lowest BCUT2D eigenvalue weighted by atomic mass is 9.87. The van der Waals surface area contributed by atoms with Crippen molar-refractivity contribution in [3.8, 4) is 11.1 Å². The summed E-state index contributed by atoms with van der Waals surface area (Å²) < 4.78 is 65.1. The van der Waals surface area contributed by atoms with Crippen molar-refractivity contribution in [1.29, 1.82) is 0 Å². The lowest BCUT2D eigenvalue weighted by Gasteiger charge is -2.29. The number of alkyl halides is 3. The predicted octanol–water partition coefficient (Wildman–Crippen LogP) is 6.10. The number of nitrogens with zero attached hydrogens (tertiary/aromatic N) is 3. The summed E-state index contributed by atoms with van der Waals surface area (Å²) in [6.45, 7) is 4.61.